The molecule has 8 heteroatoms. The average molecular weight is 294 g/mol. The molecule has 1 N–H and O–H groups in total. The highest BCUT2D eigenvalue weighted by Gasteiger charge is 2.09. The Bertz CT molecular complexity index is 554. The molecule has 0 unspecified atom stereocenters. The van der Waals surface area contributed by atoms with E-state index in [1.807, 2.05) is 0 Å². The van der Waals surface area contributed by atoms with E-state index >= 15 is 0 Å². The summed E-state index contributed by atoms with van der Waals surface area (Å²) in [7, 11) is 0. The van der Waals surface area contributed by atoms with Crippen molar-refractivity contribution in [3.8, 4) is 12.1 Å². The maximum absolute atomic E-state index is 10.5. The third-order valence-electron chi connectivity index (χ3n) is 1.66. The summed E-state index contributed by atoms with van der Waals surface area (Å²) in [5, 5.41) is 30.9. The summed E-state index contributed by atoms with van der Waals surface area (Å²) in [5.41, 5.74) is 2.20. The molecule has 1 aromatic rings. The van der Waals surface area contributed by atoms with Crippen molar-refractivity contribution in [1.29, 1.82) is 10.5 Å². The first-order valence-corrected chi connectivity index (χ1v) is 4.95. The Morgan fingerprint density at radius 2 is 2.12 bits per heavy atom. The number of halogens is 1. The van der Waals surface area contributed by atoms with Crippen molar-refractivity contribution in [2.24, 2.45) is 5.10 Å². The van der Waals surface area contributed by atoms with Crippen molar-refractivity contribution >= 4 is 33.0 Å². The predicted molar refractivity (Wildman–Crippen MR) is 63.1 cm³/mol. The summed E-state index contributed by atoms with van der Waals surface area (Å²) in [6.07, 6.45) is 0. The Hall–Kier alpha value is -2.45. The number of nitrogens with one attached hydrogen (secondary N) is 1. The van der Waals surface area contributed by atoms with E-state index in [-0.39, 0.29) is 11.4 Å². The number of anilines is 1. The zero-order chi connectivity index (χ0) is 12.8. The molecule has 1 rings (SSSR count). The molecule has 0 aromatic heterocycles. The van der Waals surface area contributed by atoms with Crippen LogP contribution < -0.4 is 5.43 Å². The summed E-state index contributed by atoms with van der Waals surface area (Å²) < 4.78 is 0.530. The molecule has 0 heterocycles. The van der Waals surface area contributed by atoms with Gasteiger partial charge in [0.1, 0.15) is 12.1 Å². The second kappa shape index (κ2) is 5.58. The summed E-state index contributed by atoms with van der Waals surface area (Å²) in [4.78, 5) is 9.98. The topological polar surface area (TPSA) is 115 Å². The lowest BCUT2D eigenvalue weighted by Gasteiger charge is -2.02. The number of non-ortho nitro benzene ring substituents is 1. The van der Waals surface area contributed by atoms with Crippen LogP contribution in [0.1, 0.15) is 0 Å². The summed E-state index contributed by atoms with van der Waals surface area (Å²) >= 11 is 3.15. The number of rotatable bonds is 3. The second-order valence-electron chi connectivity index (χ2n) is 2.72. The van der Waals surface area contributed by atoms with E-state index in [0.717, 1.165) is 0 Å². The van der Waals surface area contributed by atoms with Crippen LogP contribution in [0.5, 0.6) is 0 Å². The maximum Gasteiger partial charge on any atom is 0.271 e. The number of hydrogen-bond acceptors (Lipinski definition) is 6. The van der Waals surface area contributed by atoms with Crippen LogP contribution in [-0.4, -0.2) is 10.6 Å². The average Bonchev–Trinajstić information content (AvgIpc) is 2.32. The number of hydrogen-bond donors (Lipinski definition) is 1. The third-order valence-corrected chi connectivity index (χ3v) is 2.35. The van der Waals surface area contributed by atoms with Crippen molar-refractivity contribution in [1.82, 2.24) is 0 Å². The van der Waals surface area contributed by atoms with Crippen LogP contribution >= 0.6 is 15.9 Å². The molecule has 0 radical (unpaired) electrons. The lowest BCUT2D eigenvalue weighted by molar-refractivity contribution is -0.384. The Balaban J connectivity index is 3.04. The molecule has 17 heavy (non-hydrogen) atoms. The molecule has 84 valence electrons. The quantitative estimate of drug-likeness (QED) is 0.521. The van der Waals surface area contributed by atoms with Gasteiger partial charge in [-0.3, -0.25) is 15.5 Å². The molecule has 0 amide bonds. The molecule has 7 nitrogen and oxygen atoms in total. The number of benzene rings is 1. The van der Waals surface area contributed by atoms with Gasteiger partial charge in [-0.25, -0.2) is 0 Å². The predicted octanol–water partition coefficient (Wildman–Crippen LogP) is 2.17. The number of hydrazone groups is 1. The molecule has 0 aliphatic heterocycles. The standard InChI is InChI=1S/C9H4BrN5O2/c10-8-2-1-7(15(16)17)3-9(8)14-13-6(4-11)5-12/h1-3,14H. The van der Waals surface area contributed by atoms with Gasteiger partial charge in [-0.1, -0.05) is 0 Å². The van der Waals surface area contributed by atoms with E-state index in [1.165, 1.54) is 18.2 Å². The molecule has 1 aromatic carbocycles. The van der Waals surface area contributed by atoms with Crippen molar-refractivity contribution in [2.75, 3.05) is 5.43 Å². The fraction of sp³-hybridized carbons (Fsp3) is 0. The zero-order valence-electron chi connectivity index (χ0n) is 8.22. The van der Waals surface area contributed by atoms with Crippen LogP contribution in [0, 0.1) is 32.8 Å². The highest BCUT2D eigenvalue weighted by atomic mass is 79.9. The molecule has 0 bridgehead atoms. The van der Waals surface area contributed by atoms with E-state index in [1.54, 1.807) is 12.1 Å². The van der Waals surface area contributed by atoms with Gasteiger partial charge >= 0.3 is 0 Å². The molecule has 0 aliphatic carbocycles. The van der Waals surface area contributed by atoms with Crippen LogP contribution in [0.25, 0.3) is 0 Å². The maximum atomic E-state index is 10.5. The molecule has 0 atom stereocenters. The molecule has 0 saturated carbocycles. The van der Waals surface area contributed by atoms with E-state index in [2.05, 4.69) is 26.5 Å². The lowest BCUT2D eigenvalue weighted by atomic mass is 10.3. The minimum atomic E-state index is -0.559. The lowest BCUT2D eigenvalue weighted by Crippen LogP contribution is -1.98. The molecule has 0 aliphatic rings. The minimum absolute atomic E-state index is 0.124. The molecular weight excluding hydrogens is 290 g/mol. The zero-order valence-corrected chi connectivity index (χ0v) is 9.80. The van der Waals surface area contributed by atoms with E-state index in [4.69, 9.17) is 10.5 Å². The third kappa shape index (κ3) is 3.26. The van der Waals surface area contributed by atoms with Crippen LogP contribution in [0.3, 0.4) is 0 Å². The van der Waals surface area contributed by atoms with Gasteiger partial charge in [-0.15, -0.1) is 0 Å². The Kier molecular flexibility index (Phi) is 4.14. The minimum Gasteiger partial charge on any atom is -0.275 e. The fourth-order valence-electron chi connectivity index (χ4n) is 0.904. The van der Waals surface area contributed by atoms with Crippen molar-refractivity contribution in [3.63, 3.8) is 0 Å². The van der Waals surface area contributed by atoms with Crippen LogP contribution in [0.2, 0.25) is 0 Å². The number of nitriles is 2. The highest BCUT2D eigenvalue weighted by molar-refractivity contribution is 9.10. The van der Waals surface area contributed by atoms with Gasteiger partial charge in [0, 0.05) is 16.6 Å². The van der Waals surface area contributed by atoms with Crippen molar-refractivity contribution in [3.05, 3.63) is 32.8 Å². The SMILES string of the molecule is N#CC(C#N)=NNc1cc([N+](=O)[O-])ccc1Br. The van der Waals surface area contributed by atoms with Gasteiger partial charge in [0.2, 0.25) is 5.71 Å². The Morgan fingerprint density at radius 1 is 1.47 bits per heavy atom. The highest BCUT2D eigenvalue weighted by Crippen LogP contribution is 2.26. The Labute approximate surface area is 104 Å². The van der Waals surface area contributed by atoms with Crippen LogP contribution in [0.15, 0.2) is 27.8 Å². The number of nitro benzene ring substituents is 1. The summed E-state index contributed by atoms with van der Waals surface area (Å²) in [6.45, 7) is 0. The number of nitrogens with zero attached hydrogens (tertiary/aromatic N) is 4. The fourth-order valence-corrected chi connectivity index (χ4v) is 1.24. The first-order valence-electron chi connectivity index (χ1n) is 4.16. The smallest absolute Gasteiger partial charge is 0.271 e. The Morgan fingerprint density at radius 3 is 2.65 bits per heavy atom. The van der Waals surface area contributed by atoms with E-state index in [0.29, 0.717) is 10.2 Å². The largest absolute Gasteiger partial charge is 0.275 e. The number of nitro groups is 1. The monoisotopic (exact) mass is 293 g/mol. The van der Waals surface area contributed by atoms with Gasteiger partial charge in [-0.2, -0.15) is 15.6 Å². The van der Waals surface area contributed by atoms with Crippen LogP contribution in [-0.2, 0) is 0 Å². The van der Waals surface area contributed by atoms with Crippen LogP contribution in [0.4, 0.5) is 11.4 Å². The van der Waals surface area contributed by atoms with E-state index in [9.17, 15) is 10.1 Å². The summed E-state index contributed by atoms with van der Waals surface area (Å²) in [5.74, 6) is 0. The second-order valence-corrected chi connectivity index (χ2v) is 3.57. The van der Waals surface area contributed by atoms with Gasteiger partial charge in [0.15, 0.2) is 0 Å². The molecule has 0 saturated heterocycles. The summed E-state index contributed by atoms with van der Waals surface area (Å²) in [6, 6.07) is 7.13. The van der Waals surface area contributed by atoms with Gasteiger partial charge in [0.05, 0.1) is 10.6 Å². The van der Waals surface area contributed by atoms with Gasteiger partial charge in [0.25, 0.3) is 5.69 Å². The molecule has 0 fully saturated rings. The van der Waals surface area contributed by atoms with Crippen molar-refractivity contribution < 1.29 is 4.92 Å². The van der Waals surface area contributed by atoms with Gasteiger partial charge in [-0.05, 0) is 22.0 Å². The first kappa shape index (κ1) is 12.6. The first-order chi connectivity index (χ1) is 8.08. The molecule has 0 spiro atoms. The molecular formula is C9H4BrN5O2. The van der Waals surface area contributed by atoms with Crippen molar-refractivity contribution in [2.45, 2.75) is 0 Å². The normalized spacial score (nSPS) is 8.65. The van der Waals surface area contributed by atoms with Gasteiger partial charge < -0.3 is 0 Å². The van der Waals surface area contributed by atoms with E-state index < -0.39 is 4.92 Å².